The molecular weight excluding hydrogens is 630 g/mol. The molecule has 1 atom stereocenters. The third-order valence-corrected chi connectivity index (χ3v) is 9.65. The van der Waals surface area contributed by atoms with Crippen molar-refractivity contribution in [2.45, 2.75) is 29.7 Å². The maximum absolute atomic E-state index is 13.5. The van der Waals surface area contributed by atoms with Gasteiger partial charge >= 0.3 is 5.91 Å². The van der Waals surface area contributed by atoms with Gasteiger partial charge in [0.25, 0.3) is 5.78 Å². The number of rotatable bonds is 9. The van der Waals surface area contributed by atoms with Crippen LogP contribution in [0.25, 0.3) is 5.76 Å². The van der Waals surface area contributed by atoms with E-state index in [0.717, 1.165) is 28.0 Å². The molecular formula is C34H26ClN3O5S2. The zero-order valence-electron chi connectivity index (χ0n) is 23.9. The number of halogens is 1. The summed E-state index contributed by atoms with van der Waals surface area (Å²) in [6.07, 6.45) is 0. The average Bonchev–Trinajstić information content (AvgIpc) is 3.61. The Kier molecular flexibility index (Phi) is 8.88. The van der Waals surface area contributed by atoms with Crippen molar-refractivity contribution in [2.24, 2.45) is 0 Å². The molecule has 1 aromatic heterocycles. The molecule has 1 aliphatic heterocycles. The van der Waals surface area contributed by atoms with Gasteiger partial charge in [-0.2, -0.15) is 0 Å². The van der Waals surface area contributed by atoms with E-state index < -0.39 is 17.7 Å². The van der Waals surface area contributed by atoms with E-state index in [0.29, 0.717) is 38.6 Å². The van der Waals surface area contributed by atoms with Gasteiger partial charge in [0.1, 0.15) is 23.9 Å². The number of anilines is 1. The number of Topliss-reactive ketones (excluding diaryl/α,β-unsaturated/α-hetero) is 1. The maximum atomic E-state index is 13.5. The molecule has 8 nitrogen and oxygen atoms in total. The van der Waals surface area contributed by atoms with Crippen molar-refractivity contribution in [3.05, 3.63) is 135 Å². The predicted octanol–water partition coefficient (Wildman–Crippen LogP) is 7.70. The monoisotopic (exact) mass is 655 g/mol. The van der Waals surface area contributed by atoms with Gasteiger partial charge < -0.3 is 14.9 Å². The molecule has 6 rings (SSSR count). The number of phenols is 1. The molecule has 5 aromatic rings. The van der Waals surface area contributed by atoms with E-state index in [4.69, 9.17) is 16.3 Å². The Morgan fingerprint density at radius 3 is 2.47 bits per heavy atom. The van der Waals surface area contributed by atoms with Gasteiger partial charge in [0.2, 0.25) is 5.13 Å². The van der Waals surface area contributed by atoms with Crippen molar-refractivity contribution in [1.82, 2.24) is 10.2 Å². The number of aromatic hydroxyl groups is 1. The van der Waals surface area contributed by atoms with Crippen LogP contribution in [0.4, 0.5) is 5.13 Å². The number of thioether (sulfide) groups is 1. The second-order valence-corrected chi connectivity index (χ2v) is 12.9. The van der Waals surface area contributed by atoms with E-state index in [1.807, 2.05) is 55.5 Å². The Morgan fingerprint density at radius 1 is 0.978 bits per heavy atom. The highest BCUT2D eigenvalue weighted by Gasteiger charge is 2.48. The fourth-order valence-electron chi connectivity index (χ4n) is 4.95. The lowest BCUT2D eigenvalue weighted by atomic mass is 9.95. The lowest BCUT2D eigenvalue weighted by Crippen LogP contribution is -2.29. The summed E-state index contributed by atoms with van der Waals surface area (Å²) in [6, 6.07) is 27.3. The number of ether oxygens (including phenoxy) is 1. The highest BCUT2D eigenvalue weighted by Crippen LogP contribution is 2.44. The standard InChI is InChI=1S/C34H26ClN3O5S2/c1-20-5-4-6-21(17-20)18-43-26-15-11-23(12-16-26)30(40)28-29(22-9-13-25(39)14-10-22)38(32(42)31(28)41)33-36-37-34(45-33)44-19-24-7-2-3-8-27(24)35/h2-17,29,39-40H,18-19H2,1H3/b30-28+. The number of phenolic OH excluding ortho intramolecular Hbond substituents is 1. The molecule has 4 aromatic carbocycles. The Labute approximate surface area is 272 Å². The number of hydrogen-bond acceptors (Lipinski definition) is 9. The van der Waals surface area contributed by atoms with Crippen LogP contribution < -0.4 is 9.64 Å². The van der Waals surface area contributed by atoms with E-state index in [-0.39, 0.29) is 22.2 Å². The topological polar surface area (TPSA) is 113 Å². The average molecular weight is 656 g/mol. The molecule has 1 fully saturated rings. The molecule has 0 aliphatic carbocycles. The number of aryl methyl sites for hydroxylation is 1. The van der Waals surface area contributed by atoms with Crippen LogP contribution in [-0.2, 0) is 21.9 Å². The number of aliphatic hydroxyl groups is 1. The molecule has 0 bridgehead atoms. The predicted molar refractivity (Wildman–Crippen MR) is 176 cm³/mol. The first-order valence-electron chi connectivity index (χ1n) is 13.9. The second-order valence-electron chi connectivity index (χ2n) is 10.3. The summed E-state index contributed by atoms with van der Waals surface area (Å²) in [6.45, 7) is 2.39. The molecule has 2 heterocycles. The number of aromatic nitrogens is 2. The first kappa shape index (κ1) is 30.4. The lowest BCUT2D eigenvalue weighted by Gasteiger charge is -2.22. The van der Waals surface area contributed by atoms with E-state index in [1.54, 1.807) is 36.4 Å². The Balaban J connectivity index is 1.30. The van der Waals surface area contributed by atoms with Gasteiger partial charge in [-0.05, 0) is 66.1 Å². The minimum Gasteiger partial charge on any atom is -0.508 e. The Hall–Kier alpha value is -4.64. The molecule has 0 saturated carbocycles. The van der Waals surface area contributed by atoms with Gasteiger partial charge in [-0.25, -0.2) is 0 Å². The fourth-order valence-corrected chi connectivity index (χ4v) is 7.10. The molecule has 2 N–H and O–H groups in total. The van der Waals surface area contributed by atoms with Crippen LogP contribution in [0.15, 0.2) is 107 Å². The number of ketones is 1. The molecule has 11 heteroatoms. The first-order valence-corrected chi connectivity index (χ1v) is 16.0. The number of carbonyl (C=O) groups is 2. The zero-order chi connectivity index (χ0) is 31.5. The minimum atomic E-state index is -1.00. The largest absolute Gasteiger partial charge is 0.508 e. The van der Waals surface area contributed by atoms with Crippen molar-refractivity contribution in [1.29, 1.82) is 0 Å². The van der Waals surface area contributed by atoms with E-state index in [9.17, 15) is 19.8 Å². The highest BCUT2D eigenvalue weighted by molar-refractivity contribution is 8.00. The van der Waals surface area contributed by atoms with Crippen molar-refractivity contribution in [3.8, 4) is 11.5 Å². The van der Waals surface area contributed by atoms with Crippen molar-refractivity contribution in [3.63, 3.8) is 0 Å². The SMILES string of the molecule is Cc1cccc(COc2ccc(/C(O)=C3\C(=O)C(=O)N(c4nnc(SCc5ccccc5Cl)s4)C3c3ccc(O)cc3)cc2)c1. The van der Waals surface area contributed by atoms with Crippen molar-refractivity contribution < 1.29 is 24.5 Å². The second kappa shape index (κ2) is 13.2. The molecule has 1 unspecified atom stereocenters. The molecule has 1 saturated heterocycles. The highest BCUT2D eigenvalue weighted by atomic mass is 35.5. The number of benzene rings is 4. The smallest absolute Gasteiger partial charge is 0.301 e. The van der Waals surface area contributed by atoms with Crippen LogP contribution in [0.5, 0.6) is 11.5 Å². The van der Waals surface area contributed by atoms with Crippen LogP contribution in [0.2, 0.25) is 5.02 Å². The molecule has 1 amide bonds. The molecule has 0 radical (unpaired) electrons. The summed E-state index contributed by atoms with van der Waals surface area (Å²) in [5, 5.41) is 30.7. The van der Waals surface area contributed by atoms with Gasteiger partial charge in [0, 0.05) is 16.3 Å². The summed E-state index contributed by atoms with van der Waals surface area (Å²) in [5.41, 5.74) is 3.84. The third kappa shape index (κ3) is 6.58. The quantitative estimate of drug-likeness (QED) is 0.0546. The van der Waals surface area contributed by atoms with E-state index in [2.05, 4.69) is 10.2 Å². The van der Waals surface area contributed by atoms with Gasteiger partial charge in [-0.3, -0.25) is 14.5 Å². The Morgan fingerprint density at radius 2 is 1.73 bits per heavy atom. The number of hydrogen-bond donors (Lipinski definition) is 2. The van der Waals surface area contributed by atoms with Gasteiger partial charge in [0.15, 0.2) is 4.34 Å². The number of aliphatic hydroxyl groups excluding tert-OH is 1. The number of carbonyl (C=O) groups excluding carboxylic acids is 2. The minimum absolute atomic E-state index is 0.0196. The van der Waals surface area contributed by atoms with Gasteiger partial charge in [-0.1, -0.05) is 94.9 Å². The Bertz CT molecular complexity index is 1910. The van der Waals surface area contributed by atoms with Gasteiger partial charge in [-0.15, -0.1) is 10.2 Å². The van der Waals surface area contributed by atoms with E-state index >= 15 is 0 Å². The number of nitrogens with zero attached hydrogens (tertiary/aromatic N) is 3. The maximum Gasteiger partial charge on any atom is 0.301 e. The lowest BCUT2D eigenvalue weighted by molar-refractivity contribution is -0.132. The van der Waals surface area contributed by atoms with E-state index in [1.165, 1.54) is 28.8 Å². The summed E-state index contributed by atoms with van der Waals surface area (Å²) in [5.74, 6) is -0.890. The summed E-state index contributed by atoms with van der Waals surface area (Å²) in [7, 11) is 0. The zero-order valence-corrected chi connectivity index (χ0v) is 26.3. The van der Waals surface area contributed by atoms with Crippen molar-refractivity contribution >= 4 is 57.3 Å². The van der Waals surface area contributed by atoms with Crippen LogP contribution >= 0.6 is 34.7 Å². The van der Waals surface area contributed by atoms with Gasteiger partial charge in [0.05, 0.1) is 11.6 Å². The molecule has 45 heavy (non-hydrogen) atoms. The molecule has 1 aliphatic rings. The summed E-state index contributed by atoms with van der Waals surface area (Å²) in [4.78, 5) is 28.3. The van der Waals surface area contributed by atoms with Crippen molar-refractivity contribution in [2.75, 3.05) is 4.90 Å². The third-order valence-electron chi connectivity index (χ3n) is 7.18. The number of amides is 1. The van der Waals surface area contributed by atoms with Crippen LogP contribution in [0.1, 0.15) is 33.9 Å². The fraction of sp³-hybridized carbons (Fsp3) is 0.118. The van der Waals surface area contributed by atoms with Crippen LogP contribution in [0, 0.1) is 6.92 Å². The molecule has 226 valence electrons. The normalized spacial score (nSPS) is 15.9. The first-order chi connectivity index (χ1) is 21.8. The summed E-state index contributed by atoms with van der Waals surface area (Å²) < 4.78 is 6.49. The van der Waals surface area contributed by atoms with Crippen LogP contribution in [-0.4, -0.2) is 32.1 Å². The molecule has 0 spiro atoms. The van der Waals surface area contributed by atoms with Crippen LogP contribution in [0.3, 0.4) is 0 Å². The summed E-state index contributed by atoms with van der Waals surface area (Å²) >= 11 is 8.86.